The number of benzene rings is 7. The first kappa shape index (κ1) is 27.1. The average molecular weight is 601 g/mol. The Bertz CT molecular complexity index is 2560. The van der Waals surface area contributed by atoms with E-state index in [9.17, 15) is 0 Å². The van der Waals surface area contributed by atoms with E-state index in [2.05, 4.69) is 127 Å². The van der Waals surface area contributed by atoms with Crippen LogP contribution in [0.5, 0.6) is 0 Å². The van der Waals surface area contributed by atoms with Crippen LogP contribution in [-0.4, -0.2) is 19.9 Å². The summed E-state index contributed by atoms with van der Waals surface area (Å²) in [6, 6.07) is 49.1. The molecule has 0 fully saturated rings. The zero-order valence-corrected chi connectivity index (χ0v) is 25.7. The third kappa shape index (κ3) is 4.70. The fraction of sp³-hybridized carbons (Fsp3) is 0.0233. The summed E-state index contributed by atoms with van der Waals surface area (Å²) >= 11 is 0. The predicted molar refractivity (Wildman–Crippen MR) is 193 cm³/mol. The van der Waals surface area contributed by atoms with E-state index in [0.717, 1.165) is 38.9 Å². The second-order valence-corrected chi connectivity index (χ2v) is 12.0. The molecule has 2 aromatic heterocycles. The number of aromatic nitrogens is 4. The zero-order valence-electron chi connectivity index (χ0n) is 25.7. The Hall–Kier alpha value is -6.26. The molecule has 7 aromatic carbocycles. The summed E-state index contributed by atoms with van der Waals surface area (Å²) < 4.78 is 0. The van der Waals surface area contributed by atoms with Crippen LogP contribution in [-0.2, 0) is 0 Å². The molecule has 0 saturated carbocycles. The molecule has 0 atom stereocenters. The molecular weight excluding hydrogens is 573 g/mol. The van der Waals surface area contributed by atoms with Crippen molar-refractivity contribution >= 4 is 32.3 Å². The Morgan fingerprint density at radius 1 is 0.404 bits per heavy atom. The minimum absolute atomic E-state index is 0.634. The normalized spacial score (nSPS) is 11.5. The van der Waals surface area contributed by atoms with Crippen molar-refractivity contribution in [2.24, 2.45) is 0 Å². The maximum atomic E-state index is 5.03. The van der Waals surface area contributed by atoms with E-state index in [1.54, 1.807) is 6.20 Å². The van der Waals surface area contributed by atoms with Gasteiger partial charge >= 0.3 is 0 Å². The van der Waals surface area contributed by atoms with Gasteiger partial charge in [0.1, 0.15) is 0 Å². The molecular formula is C43H28N4. The number of aryl methyl sites for hydroxylation is 1. The van der Waals surface area contributed by atoms with E-state index in [4.69, 9.17) is 15.0 Å². The van der Waals surface area contributed by atoms with Gasteiger partial charge in [-0.1, -0.05) is 127 Å². The van der Waals surface area contributed by atoms with Crippen molar-refractivity contribution in [1.29, 1.82) is 0 Å². The van der Waals surface area contributed by atoms with Crippen molar-refractivity contribution in [1.82, 2.24) is 19.9 Å². The standard InChI is InChI=1S/C43H28N4/c1-27-7-2-3-13-36(27)43-46-41(45-42(47-43)34-11-5-10-33(25-34)35-12-6-24-44-26-35)32-18-14-28(15-19-32)37-22-20-31-17-16-29-8-4-9-30-21-23-38(37)40(31)39(29)30/h2-26H,1H3. The number of hydrogen-bond acceptors (Lipinski definition) is 4. The lowest BCUT2D eigenvalue weighted by Gasteiger charge is -2.14. The van der Waals surface area contributed by atoms with Crippen LogP contribution in [0.25, 0.3) is 88.7 Å². The fourth-order valence-corrected chi connectivity index (χ4v) is 6.74. The molecule has 0 saturated heterocycles. The molecule has 47 heavy (non-hydrogen) atoms. The number of pyridine rings is 1. The van der Waals surface area contributed by atoms with Crippen molar-refractivity contribution in [3.8, 4) is 56.4 Å². The van der Waals surface area contributed by atoms with Crippen LogP contribution in [0.15, 0.2) is 152 Å². The van der Waals surface area contributed by atoms with Gasteiger partial charge in [0.05, 0.1) is 0 Å². The van der Waals surface area contributed by atoms with E-state index in [0.29, 0.717) is 17.5 Å². The van der Waals surface area contributed by atoms with Gasteiger partial charge in [-0.25, -0.2) is 15.0 Å². The van der Waals surface area contributed by atoms with Crippen LogP contribution in [0.2, 0.25) is 0 Å². The van der Waals surface area contributed by atoms with E-state index in [1.165, 1.54) is 37.9 Å². The summed E-state index contributed by atoms with van der Waals surface area (Å²) in [5, 5.41) is 7.72. The molecule has 0 spiro atoms. The molecule has 0 N–H and O–H groups in total. The van der Waals surface area contributed by atoms with E-state index in [1.807, 2.05) is 30.5 Å². The third-order valence-corrected chi connectivity index (χ3v) is 9.12. The molecule has 0 radical (unpaired) electrons. The minimum atomic E-state index is 0.634. The van der Waals surface area contributed by atoms with Gasteiger partial charge < -0.3 is 0 Å². The van der Waals surface area contributed by atoms with Crippen LogP contribution in [0.1, 0.15) is 5.56 Å². The summed E-state index contributed by atoms with van der Waals surface area (Å²) in [7, 11) is 0. The molecule has 0 unspecified atom stereocenters. The second kappa shape index (κ2) is 11.0. The molecule has 0 bridgehead atoms. The van der Waals surface area contributed by atoms with E-state index in [-0.39, 0.29) is 0 Å². The molecule has 0 aliphatic carbocycles. The van der Waals surface area contributed by atoms with Crippen LogP contribution >= 0.6 is 0 Å². The first-order valence-corrected chi connectivity index (χ1v) is 15.8. The largest absolute Gasteiger partial charge is 0.264 e. The molecule has 0 aliphatic heterocycles. The van der Waals surface area contributed by atoms with Gasteiger partial charge in [-0.15, -0.1) is 0 Å². The quantitative estimate of drug-likeness (QED) is 0.184. The molecule has 220 valence electrons. The van der Waals surface area contributed by atoms with Crippen molar-refractivity contribution in [2.45, 2.75) is 6.92 Å². The van der Waals surface area contributed by atoms with Crippen LogP contribution in [0.3, 0.4) is 0 Å². The zero-order chi connectivity index (χ0) is 31.3. The van der Waals surface area contributed by atoms with Crippen molar-refractivity contribution in [3.05, 3.63) is 157 Å². The van der Waals surface area contributed by atoms with Gasteiger partial charge in [-0.2, -0.15) is 0 Å². The smallest absolute Gasteiger partial charge is 0.164 e. The van der Waals surface area contributed by atoms with Gasteiger partial charge in [0.2, 0.25) is 0 Å². The Morgan fingerprint density at radius 2 is 1.04 bits per heavy atom. The highest BCUT2D eigenvalue weighted by Gasteiger charge is 2.16. The summed E-state index contributed by atoms with van der Waals surface area (Å²) in [6.45, 7) is 2.09. The monoisotopic (exact) mass is 600 g/mol. The third-order valence-electron chi connectivity index (χ3n) is 9.12. The number of nitrogens with zero attached hydrogens (tertiary/aromatic N) is 4. The summed E-state index contributed by atoms with van der Waals surface area (Å²) in [6.07, 6.45) is 3.66. The molecule has 4 nitrogen and oxygen atoms in total. The molecule has 9 aromatic rings. The van der Waals surface area contributed by atoms with Crippen LogP contribution in [0.4, 0.5) is 0 Å². The lowest BCUT2D eigenvalue weighted by molar-refractivity contribution is 1.07. The fourth-order valence-electron chi connectivity index (χ4n) is 6.74. The number of rotatable bonds is 5. The Labute approximate surface area is 272 Å². The first-order chi connectivity index (χ1) is 23.2. The number of hydrogen-bond donors (Lipinski definition) is 0. The van der Waals surface area contributed by atoms with Crippen molar-refractivity contribution in [2.75, 3.05) is 0 Å². The van der Waals surface area contributed by atoms with E-state index >= 15 is 0 Å². The maximum Gasteiger partial charge on any atom is 0.164 e. The topological polar surface area (TPSA) is 51.6 Å². The van der Waals surface area contributed by atoms with Crippen molar-refractivity contribution < 1.29 is 0 Å². The minimum Gasteiger partial charge on any atom is -0.264 e. The highest BCUT2D eigenvalue weighted by atomic mass is 15.0. The summed E-state index contributed by atoms with van der Waals surface area (Å²) in [5.41, 5.74) is 8.45. The molecule has 0 amide bonds. The van der Waals surface area contributed by atoms with Crippen LogP contribution < -0.4 is 0 Å². The Kier molecular flexibility index (Phi) is 6.32. The van der Waals surface area contributed by atoms with Gasteiger partial charge in [0.25, 0.3) is 0 Å². The highest BCUT2D eigenvalue weighted by Crippen LogP contribution is 2.39. The lowest BCUT2D eigenvalue weighted by atomic mass is 9.90. The molecule has 2 heterocycles. The van der Waals surface area contributed by atoms with Crippen LogP contribution in [0, 0.1) is 6.92 Å². The SMILES string of the molecule is Cc1ccccc1-c1nc(-c2ccc(-c3ccc4ccc5cccc6ccc3c4c56)cc2)nc(-c2cccc(-c3cccnc3)c2)n1. The first-order valence-electron chi connectivity index (χ1n) is 15.8. The van der Waals surface area contributed by atoms with Gasteiger partial charge in [-0.3, -0.25) is 4.98 Å². The van der Waals surface area contributed by atoms with Gasteiger partial charge in [0.15, 0.2) is 17.5 Å². The van der Waals surface area contributed by atoms with E-state index < -0.39 is 0 Å². The lowest BCUT2D eigenvalue weighted by Crippen LogP contribution is -2.01. The average Bonchev–Trinajstić information content (AvgIpc) is 3.14. The van der Waals surface area contributed by atoms with Crippen molar-refractivity contribution in [3.63, 3.8) is 0 Å². The molecule has 0 aliphatic rings. The maximum absolute atomic E-state index is 5.03. The summed E-state index contributed by atoms with van der Waals surface area (Å²) in [4.78, 5) is 19.4. The molecule has 4 heteroatoms. The Morgan fingerprint density at radius 3 is 1.83 bits per heavy atom. The van der Waals surface area contributed by atoms with Gasteiger partial charge in [0, 0.05) is 34.6 Å². The highest BCUT2D eigenvalue weighted by molar-refractivity contribution is 6.25. The van der Waals surface area contributed by atoms with Gasteiger partial charge in [-0.05, 0) is 73.6 Å². The Balaban J connectivity index is 1.16. The second-order valence-electron chi connectivity index (χ2n) is 12.0. The predicted octanol–water partition coefficient (Wildman–Crippen LogP) is 10.8. The summed E-state index contributed by atoms with van der Waals surface area (Å²) in [5.74, 6) is 1.93. The molecule has 9 rings (SSSR count).